The number of hydrogen-bond donors (Lipinski definition) is 3. The molecule has 176 valence electrons. The summed E-state index contributed by atoms with van der Waals surface area (Å²) in [5.41, 5.74) is 1.17. The first-order valence-corrected chi connectivity index (χ1v) is 12.3. The molecule has 1 unspecified atom stereocenters. The van der Waals surface area contributed by atoms with Gasteiger partial charge in [-0.1, -0.05) is 36.4 Å². The number of anilines is 1. The van der Waals surface area contributed by atoms with E-state index in [0.717, 1.165) is 30.5 Å². The summed E-state index contributed by atoms with van der Waals surface area (Å²) in [5, 5.41) is 5.65. The lowest BCUT2D eigenvalue weighted by molar-refractivity contribution is -0.123. The molecule has 34 heavy (non-hydrogen) atoms. The monoisotopic (exact) mass is 481 g/mol. The van der Waals surface area contributed by atoms with Crippen LogP contribution < -0.4 is 15.4 Å². The molecule has 3 aromatic carbocycles. The average molecular weight is 482 g/mol. The van der Waals surface area contributed by atoms with Crippen LogP contribution in [0.25, 0.3) is 0 Å². The highest BCUT2D eigenvalue weighted by molar-refractivity contribution is 7.92. The molecule has 9 heteroatoms. The fourth-order valence-electron chi connectivity index (χ4n) is 3.37. The van der Waals surface area contributed by atoms with Gasteiger partial charge in [-0.3, -0.25) is 14.3 Å². The van der Waals surface area contributed by atoms with E-state index < -0.39 is 27.8 Å². The number of benzene rings is 3. The minimum atomic E-state index is -4.01. The molecule has 0 aliphatic heterocycles. The number of halogens is 1. The summed E-state index contributed by atoms with van der Waals surface area (Å²) < 4.78 is 41.0. The summed E-state index contributed by atoms with van der Waals surface area (Å²) in [6, 6.07) is 19.0. The number of carbonyl (C=O) groups excluding carboxylic acids is 2. The zero-order valence-corrected chi connectivity index (χ0v) is 19.0. The van der Waals surface area contributed by atoms with Gasteiger partial charge in [-0.2, -0.15) is 0 Å². The van der Waals surface area contributed by atoms with Crippen molar-refractivity contribution in [1.29, 1.82) is 0 Å². The van der Waals surface area contributed by atoms with E-state index in [2.05, 4.69) is 15.4 Å². The van der Waals surface area contributed by atoms with Crippen LogP contribution in [0.5, 0.6) is 0 Å². The molecule has 1 aliphatic carbocycles. The summed E-state index contributed by atoms with van der Waals surface area (Å²) in [6.07, 6.45) is 2.13. The van der Waals surface area contributed by atoms with E-state index in [1.807, 2.05) is 30.3 Å². The van der Waals surface area contributed by atoms with E-state index in [4.69, 9.17) is 0 Å². The van der Waals surface area contributed by atoms with Gasteiger partial charge in [0, 0.05) is 23.7 Å². The van der Waals surface area contributed by atoms with E-state index in [-0.39, 0.29) is 28.1 Å². The third kappa shape index (κ3) is 6.20. The van der Waals surface area contributed by atoms with Gasteiger partial charge in [-0.25, -0.2) is 12.8 Å². The summed E-state index contributed by atoms with van der Waals surface area (Å²) in [7, 11) is -4.01. The second-order valence-corrected chi connectivity index (χ2v) is 9.82. The van der Waals surface area contributed by atoms with Gasteiger partial charge in [-0.15, -0.1) is 0 Å². The number of carbonyl (C=O) groups is 2. The Bertz CT molecular complexity index is 1280. The zero-order chi connectivity index (χ0) is 24.1. The molecule has 1 saturated carbocycles. The van der Waals surface area contributed by atoms with Crippen molar-refractivity contribution in [3.05, 3.63) is 95.8 Å². The van der Waals surface area contributed by atoms with Crippen molar-refractivity contribution in [1.82, 2.24) is 10.6 Å². The largest absolute Gasteiger partial charge is 0.352 e. The van der Waals surface area contributed by atoms with Crippen LogP contribution >= 0.6 is 0 Å². The van der Waals surface area contributed by atoms with Gasteiger partial charge < -0.3 is 10.6 Å². The lowest BCUT2D eigenvalue weighted by Crippen LogP contribution is -2.48. The Morgan fingerprint density at radius 1 is 0.941 bits per heavy atom. The predicted molar refractivity (Wildman–Crippen MR) is 126 cm³/mol. The lowest BCUT2D eigenvalue weighted by atomic mass is 10.0. The first-order chi connectivity index (χ1) is 16.3. The average Bonchev–Trinajstić information content (AvgIpc) is 3.65. The van der Waals surface area contributed by atoms with Crippen molar-refractivity contribution in [3.63, 3.8) is 0 Å². The fraction of sp³-hybridized carbons (Fsp3) is 0.200. The Morgan fingerprint density at radius 2 is 1.65 bits per heavy atom. The Morgan fingerprint density at radius 3 is 2.32 bits per heavy atom. The Hall–Kier alpha value is -3.72. The van der Waals surface area contributed by atoms with E-state index >= 15 is 0 Å². The summed E-state index contributed by atoms with van der Waals surface area (Å²) in [6.45, 7) is 0. The molecule has 0 bridgehead atoms. The Balaban J connectivity index is 1.51. The summed E-state index contributed by atoms with van der Waals surface area (Å²) >= 11 is 0. The smallest absolute Gasteiger partial charge is 0.261 e. The lowest BCUT2D eigenvalue weighted by Gasteiger charge is -2.19. The van der Waals surface area contributed by atoms with Crippen molar-refractivity contribution in [2.75, 3.05) is 4.72 Å². The highest BCUT2D eigenvalue weighted by atomic mass is 32.2. The molecule has 0 radical (unpaired) electrons. The second-order valence-electron chi connectivity index (χ2n) is 8.14. The SMILES string of the molecule is O=C(NC(Cc1ccccc1)C(=O)NC1CC1)c1cccc(S(=O)(=O)Nc2ccc(F)cc2)c1. The van der Waals surface area contributed by atoms with Crippen molar-refractivity contribution < 1.29 is 22.4 Å². The van der Waals surface area contributed by atoms with Gasteiger partial charge in [-0.05, 0) is 60.9 Å². The van der Waals surface area contributed by atoms with Crippen molar-refractivity contribution in [2.45, 2.75) is 36.2 Å². The summed E-state index contributed by atoms with van der Waals surface area (Å²) in [5.74, 6) is -1.33. The number of nitrogens with one attached hydrogen (secondary N) is 3. The van der Waals surface area contributed by atoms with E-state index in [9.17, 15) is 22.4 Å². The van der Waals surface area contributed by atoms with Crippen LogP contribution in [0.2, 0.25) is 0 Å². The molecule has 1 aliphatic rings. The predicted octanol–water partition coefficient (Wildman–Crippen LogP) is 3.25. The van der Waals surface area contributed by atoms with Gasteiger partial charge >= 0.3 is 0 Å². The van der Waals surface area contributed by atoms with Crippen LogP contribution in [0, 0.1) is 5.82 Å². The molecule has 2 amide bonds. The summed E-state index contributed by atoms with van der Waals surface area (Å²) in [4.78, 5) is 25.6. The third-order valence-corrected chi connectivity index (χ3v) is 6.71. The number of rotatable bonds is 9. The molecule has 7 nitrogen and oxygen atoms in total. The minimum absolute atomic E-state index is 0.0965. The topological polar surface area (TPSA) is 104 Å². The molecular weight excluding hydrogens is 457 g/mol. The van der Waals surface area contributed by atoms with Crippen molar-refractivity contribution in [2.24, 2.45) is 0 Å². The minimum Gasteiger partial charge on any atom is -0.352 e. The molecule has 0 spiro atoms. The second kappa shape index (κ2) is 10.0. The van der Waals surface area contributed by atoms with Gasteiger partial charge in [0.05, 0.1) is 4.90 Å². The van der Waals surface area contributed by atoms with Crippen LogP contribution in [0.3, 0.4) is 0 Å². The molecule has 1 fully saturated rings. The maximum atomic E-state index is 13.1. The maximum absolute atomic E-state index is 13.1. The van der Waals surface area contributed by atoms with Gasteiger partial charge in [0.1, 0.15) is 11.9 Å². The van der Waals surface area contributed by atoms with E-state index in [0.29, 0.717) is 6.42 Å². The molecule has 0 saturated heterocycles. The Kier molecular flexibility index (Phi) is 6.93. The zero-order valence-electron chi connectivity index (χ0n) is 18.2. The molecule has 1 atom stereocenters. The van der Waals surface area contributed by atoms with Gasteiger partial charge in [0.25, 0.3) is 15.9 Å². The number of hydrogen-bond acceptors (Lipinski definition) is 4. The first kappa shape index (κ1) is 23.4. The fourth-order valence-corrected chi connectivity index (χ4v) is 4.47. The maximum Gasteiger partial charge on any atom is 0.261 e. The van der Waals surface area contributed by atoms with Crippen LogP contribution in [0.15, 0.2) is 83.8 Å². The Labute approximate surface area is 197 Å². The van der Waals surface area contributed by atoms with Gasteiger partial charge in [0.2, 0.25) is 5.91 Å². The standard InChI is InChI=1S/C25H24FN3O4S/c26-19-9-11-21(12-10-19)29-34(32,33)22-8-4-7-18(16-22)24(30)28-23(25(31)27-20-13-14-20)15-17-5-2-1-3-6-17/h1-12,16,20,23,29H,13-15H2,(H,27,31)(H,28,30). The van der Waals surface area contributed by atoms with Crippen molar-refractivity contribution in [3.8, 4) is 0 Å². The molecule has 4 rings (SSSR count). The molecule has 0 heterocycles. The van der Waals surface area contributed by atoms with E-state index in [1.54, 1.807) is 0 Å². The molecule has 0 aromatic heterocycles. The molecular formula is C25H24FN3O4S. The van der Waals surface area contributed by atoms with Crippen LogP contribution in [-0.4, -0.2) is 32.3 Å². The van der Waals surface area contributed by atoms with Crippen LogP contribution in [0.1, 0.15) is 28.8 Å². The molecule has 3 N–H and O–H groups in total. The normalized spacial score (nSPS) is 14.1. The first-order valence-electron chi connectivity index (χ1n) is 10.8. The number of sulfonamides is 1. The van der Waals surface area contributed by atoms with Crippen molar-refractivity contribution >= 4 is 27.5 Å². The van der Waals surface area contributed by atoms with E-state index in [1.165, 1.54) is 36.4 Å². The van der Waals surface area contributed by atoms with Gasteiger partial charge in [0.15, 0.2) is 0 Å². The molecule has 3 aromatic rings. The third-order valence-electron chi connectivity index (χ3n) is 5.33. The number of amides is 2. The quantitative estimate of drug-likeness (QED) is 0.436. The van der Waals surface area contributed by atoms with Crippen LogP contribution in [-0.2, 0) is 21.2 Å². The van der Waals surface area contributed by atoms with Crippen LogP contribution in [0.4, 0.5) is 10.1 Å². The highest BCUT2D eigenvalue weighted by Gasteiger charge is 2.29. The highest BCUT2D eigenvalue weighted by Crippen LogP contribution is 2.20.